The smallest absolute Gasteiger partial charge is 0.214 e. The Morgan fingerprint density at radius 1 is 1.17 bits per heavy atom. The Bertz CT molecular complexity index is 1010. The summed E-state index contributed by atoms with van der Waals surface area (Å²) in [7, 11) is 2.07. The van der Waals surface area contributed by atoms with Gasteiger partial charge in [0.25, 0.3) is 0 Å². The molecule has 0 spiro atoms. The van der Waals surface area contributed by atoms with Crippen LogP contribution in [0.3, 0.4) is 0 Å². The van der Waals surface area contributed by atoms with Gasteiger partial charge in [0, 0.05) is 42.0 Å². The Morgan fingerprint density at radius 2 is 1.93 bits per heavy atom. The van der Waals surface area contributed by atoms with Gasteiger partial charge in [-0.15, -0.1) is 0 Å². The second-order valence-electron chi connectivity index (χ2n) is 8.89. The summed E-state index contributed by atoms with van der Waals surface area (Å²) >= 11 is 0. The third-order valence-corrected chi connectivity index (χ3v) is 6.20. The molecule has 3 heterocycles. The van der Waals surface area contributed by atoms with Crippen LogP contribution in [0.25, 0.3) is 11.4 Å². The lowest BCUT2D eigenvalue weighted by Gasteiger charge is -2.56. The van der Waals surface area contributed by atoms with Gasteiger partial charge >= 0.3 is 0 Å². The van der Waals surface area contributed by atoms with Crippen molar-refractivity contribution in [2.24, 2.45) is 5.41 Å². The summed E-state index contributed by atoms with van der Waals surface area (Å²) in [6, 6.07) is 8.25. The zero-order valence-corrected chi connectivity index (χ0v) is 17.7. The molecule has 1 aliphatic heterocycles. The van der Waals surface area contributed by atoms with Crippen molar-refractivity contribution in [3.63, 3.8) is 0 Å². The summed E-state index contributed by atoms with van der Waals surface area (Å²) in [6.07, 6.45) is 4.74. The summed E-state index contributed by atoms with van der Waals surface area (Å²) in [4.78, 5) is 10.7. The first-order valence-corrected chi connectivity index (χ1v) is 9.99. The lowest BCUT2D eigenvalue weighted by Crippen LogP contribution is -2.63. The lowest BCUT2D eigenvalue weighted by atomic mass is 9.62. The van der Waals surface area contributed by atoms with E-state index in [1.165, 1.54) is 17.5 Å². The van der Waals surface area contributed by atoms with E-state index in [1.807, 2.05) is 6.07 Å². The molecule has 0 bridgehead atoms. The maximum atomic E-state index is 12.3. The molecule has 6 heteroatoms. The number of hydrogen-bond donors (Lipinski definition) is 1. The fourth-order valence-corrected chi connectivity index (χ4v) is 4.84. The fourth-order valence-electron chi connectivity index (χ4n) is 4.84. The van der Waals surface area contributed by atoms with Crippen LogP contribution in [0.5, 0.6) is 0 Å². The number of aromatic nitrogens is 3. The summed E-state index contributed by atoms with van der Waals surface area (Å²) < 4.78 is 4.89. The minimum Gasteiger partial charge on any atom is -0.380 e. The number of hydrogen-bond acceptors (Lipinski definition) is 6. The predicted molar refractivity (Wildman–Crippen MR) is 111 cm³/mol. The molecule has 0 saturated carbocycles. The number of benzene rings is 1. The number of pyridine rings is 1. The van der Waals surface area contributed by atoms with Gasteiger partial charge in [0.2, 0.25) is 12.2 Å². The first-order chi connectivity index (χ1) is 13.7. The van der Waals surface area contributed by atoms with Crippen LogP contribution in [0.4, 0.5) is 0 Å². The van der Waals surface area contributed by atoms with Crippen molar-refractivity contribution in [3.05, 3.63) is 65.3 Å². The highest BCUT2D eigenvalue weighted by atomic mass is 16.5. The Kier molecular flexibility index (Phi) is 4.79. The third kappa shape index (κ3) is 3.16. The van der Waals surface area contributed by atoms with E-state index in [9.17, 15) is 5.11 Å². The topological polar surface area (TPSA) is 75.3 Å². The van der Waals surface area contributed by atoms with Crippen LogP contribution >= 0.6 is 0 Å². The molecular weight excluding hydrogens is 364 g/mol. The molecule has 2 aromatic heterocycles. The molecule has 4 rings (SSSR count). The molecule has 1 atom stereocenters. The molecular formula is C23H28N4O2. The van der Waals surface area contributed by atoms with E-state index in [1.54, 1.807) is 12.4 Å². The highest BCUT2D eigenvalue weighted by molar-refractivity contribution is 5.56. The Morgan fingerprint density at radius 3 is 2.52 bits per heavy atom. The number of aliphatic hydroxyl groups is 1. The Labute approximate surface area is 171 Å². The van der Waals surface area contributed by atoms with E-state index in [2.05, 4.69) is 73.0 Å². The Balaban J connectivity index is 1.87. The van der Waals surface area contributed by atoms with E-state index in [-0.39, 0.29) is 5.41 Å². The average molecular weight is 393 g/mol. The fraction of sp³-hybridized carbons (Fsp3) is 0.435. The molecule has 1 aliphatic rings. The molecule has 29 heavy (non-hydrogen) atoms. The molecule has 1 fully saturated rings. The molecule has 152 valence electrons. The van der Waals surface area contributed by atoms with E-state index in [4.69, 9.17) is 4.52 Å². The first-order valence-electron chi connectivity index (χ1n) is 9.99. The maximum absolute atomic E-state index is 12.3. The summed E-state index contributed by atoms with van der Waals surface area (Å²) in [6.45, 7) is 10.2. The van der Waals surface area contributed by atoms with Gasteiger partial charge in [-0.05, 0) is 42.6 Å². The second-order valence-corrected chi connectivity index (χ2v) is 8.89. The van der Waals surface area contributed by atoms with Gasteiger partial charge in [0.1, 0.15) is 5.60 Å². The standard InChI is InChI=1S/C23H28N4O2/c1-15(2)20-7-6-18(8-16(20)3)23(28,22(4)12-27(5)13-22)19-9-17(10-24-11-19)21-25-14-29-26-21/h6-11,14-15,28H,12-13H2,1-5H3/t23-/m0/s1. The third-order valence-electron chi connectivity index (χ3n) is 6.20. The maximum Gasteiger partial charge on any atom is 0.214 e. The van der Waals surface area contributed by atoms with Crippen molar-refractivity contribution in [3.8, 4) is 11.4 Å². The van der Waals surface area contributed by atoms with Crippen LogP contribution in [0.2, 0.25) is 0 Å². The molecule has 1 saturated heterocycles. The molecule has 3 aromatic rings. The zero-order chi connectivity index (χ0) is 20.8. The second kappa shape index (κ2) is 7.04. The van der Waals surface area contributed by atoms with E-state index in [0.29, 0.717) is 11.7 Å². The summed E-state index contributed by atoms with van der Waals surface area (Å²) in [5.41, 5.74) is 3.31. The van der Waals surface area contributed by atoms with Gasteiger partial charge in [0.05, 0.1) is 0 Å². The SMILES string of the molecule is Cc1cc([C@](O)(c2cncc(-c3ncon3)c2)C2(C)CN(C)C2)ccc1C(C)C. The normalized spacial score (nSPS) is 18.4. The predicted octanol–water partition coefficient (Wildman–Crippen LogP) is 3.75. The quantitative estimate of drug-likeness (QED) is 0.713. The molecule has 0 radical (unpaired) electrons. The van der Waals surface area contributed by atoms with Crippen LogP contribution in [0.15, 0.2) is 47.6 Å². The molecule has 0 aliphatic carbocycles. The summed E-state index contributed by atoms with van der Waals surface area (Å²) in [5, 5.41) is 16.2. The van der Waals surface area contributed by atoms with Gasteiger partial charge < -0.3 is 14.5 Å². The van der Waals surface area contributed by atoms with Gasteiger partial charge in [-0.2, -0.15) is 4.98 Å². The van der Waals surface area contributed by atoms with E-state index < -0.39 is 5.60 Å². The minimum atomic E-state index is -1.19. The lowest BCUT2D eigenvalue weighted by molar-refractivity contribution is -0.127. The monoisotopic (exact) mass is 392 g/mol. The van der Waals surface area contributed by atoms with Crippen molar-refractivity contribution in [2.75, 3.05) is 20.1 Å². The van der Waals surface area contributed by atoms with Crippen molar-refractivity contribution < 1.29 is 9.63 Å². The minimum absolute atomic E-state index is 0.342. The van der Waals surface area contributed by atoms with Crippen LogP contribution in [-0.4, -0.2) is 45.3 Å². The molecule has 0 amide bonds. The van der Waals surface area contributed by atoms with Crippen LogP contribution in [0, 0.1) is 12.3 Å². The number of rotatable bonds is 5. The number of nitrogens with zero attached hydrogens (tertiary/aromatic N) is 4. The molecule has 1 N–H and O–H groups in total. The van der Waals surface area contributed by atoms with Crippen molar-refractivity contribution in [2.45, 2.75) is 39.2 Å². The van der Waals surface area contributed by atoms with Crippen LogP contribution < -0.4 is 0 Å². The molecule has 1 aromatic carbocycles. The average Bonchev–Trinajstić information content (AvgIpc) is 3.20. The molecule has 0 unspecified atom stereocenters. The van der Waals surface area contributed by atoms with Crippen LogP contribution in [-0.2, 0) is 5.60 Å². The molecule has 6 nitrogen and oxygen atoms in total. The van der Waals surface area contributed by atoms with Gasteiger partial charge in [-0.25, -0.2) is 0 Å². The van der Waals surface area contributed by atoms with Crippen LogP contribution in [0.1, 0.15) is 48.9 Å². The van der Waals surface area contributed by atoms with Gasteiger partial charge in [-0.1, -0.05) is 44.1 Å². The highest BCUT2D eigenvalue weighted by Gasteiger charge is 2.55. The van der Waals surface area contributed by atoms with Gasteiger partial charge in [-0.3, -0.25) is 4.98 Å². The highest BCUT2D eigenvalue weighted by Crippen LogP contribution is 2.50. The Hall–Kier alpha value is -2.57. The summed E-state index contributed by atoms with van der Waals surface area (Å²) in [5.74, 6) is 0.898. The van der Waals surface area contributed by atoms with Crippen molar-refractivity contribution in [1.29, 1.82) is 0 Å². The van der Waals surface area contributed by atoms with Gasteiger partial charge in [0.15, 0.2) is 0 Å². The number of likely N-dealkylation sites (tertiary alicyclic amines) is 1. The largest absolute Gasteiger partial charge is 0.380 e. The van der Waals surface area contributed by atoms with E-state index >= 15 is 0 Å². The number of aryl methyl sites for hydroxylation is 1. The van der Waals surface area contributed by atoms with Crippen molar-refractivity contribution >= 4 is 0 Å². The first kappa shape index (κ1) is 19.7. The van der Waals surface area contributed by atoms with E-state index in [0.717, 1.165) is 29.8 Å². The zero-order valence-electron chi connectivity index (χ0n) is 17.7. The van der Waals surface area contributed by atoms with Crippen molar-refractivity contribution in [1.82, 2.24) is 20.0 Å².